The molecular weight excluding hydrogens is 462 g/mol. The van der Waals surface area contributed by atoms with Crippen LogP contribution in [0.3, 0.4) is 0 Å². The van der Waals surface area contributed by atoms with E-state index in [9.17, 15) is 9.59 Å². The molecule has 2 amide bonds. The van der Waals surface area contributed by atoms with Gasteiger partial charge in [0.15, 0.2) is 5.82 Å². The number of rotatable bonds is 5. The average molecular weight is 500 g/mol. The van der Waals surface area contributed by atoms with E-state index in [4.69, 9.17) is 9.72 Å². The minimum Gasteiger partial charge on any atom is -0.444 e. The number of amides is 2. The summed E-state index contributed by atoms with van der Waals surface area (Å²) in [5.74, 6) is 1.50. The number of hydrogen-bond acceptors (Lipinski definition) is 7. The zero-order valence-corrected chi connectivity index (χ0v) is 22.5. The third kappa shape index (κ3) is 5.44. The molecule has 2 aromatic rings. The summed E-state index contributed by atoms with van der Waals surface area (Å²) in [6.45, 7) is 15.7. The number of anilines is 1. The Morgan fingerprint density at radius 3 is 2.49 bits per heavy atom. The second kappa shape index (κ2) is 9.76. The molecule has 2 aliphatic heterocycles. The molecule has 0 aromatic carbocycles. The molecule has 0 N–H and O–H groups in total. The molecule has 4 heterocycles. The number of aromatic nitrogens is 2. The normalized spacial score (nSPS) is 17.5. The van der Waals surface area contributed by atoms with Crippen molar-refractivity contribution < 1.29 is 14.3 Å². The van der Waals surface area contributed by atoms with Crippen LogP contribution < -0.4 is 4.90 Å². The van der Waals surface area contributed by atoms with Crippen LogP contribution in [0.5, 0.6) is 0 Å². The minimum absolute atomic E-state index is 0.0288. The summed E-state index contributed by atoms with van der Waals surface area (Å²) in [6.07, 6.45) is 3.49. The molecule has 1 spiro atoms. The van der Waals surface area contributed by atoms with Crippen molar-refractivity contribution in [2.45, 2.75) is 66.0 Å². The van der Waals surface area contributed by atoms with Crippen molar-refractivity contribution >= 4 is 29.2 Å². The first-order chi connectivity index (χ1) is 16.5. The fraction of sp³-hybridized carbons (Fsp3) is 0.615. The highest BCUT2D eigenvalue weighted by molar-refractivity contribution is 7.12. The van der Waals surface area contributed by atoms with Gasteiger partial charge in [-0.3, -0.25) is 4.79 Å². The Kier molecular flexibility index (Phi) is 7.09. The maximum absolute atomic E-state index is 13.1. The van der Waals surface area contributed by atoms with Crippen LogP contribution in [0.25, 0.3) is 11.4 Å². The highest BCUT2D eigenvalue weighted by atomic mass is 32.1. The van der Waals surface area contributed by atoms with Gasteiger partial charge in [-0.25, -0.2) is 14.8 Å². The minimum atomic E-state index is -0.471. The van der Waals surface area contributed by atoms with Gasteiger partial charge in [0.25, 0.3) is 5.91 Å². The predicted molar refractivity (Wildman–Crippen MR) is 139 cm³/mol. The molecule has 2 saturated heterocycles. The van der Waals surface area contributed by atoms with Crippen molar-refractivity contribution in [3.8, 4) is 11.4 Å². The molecule has 0 aliphatic carbocycles. The van der Waals surface area contributed by atoms with E-state index in [1.54, 1.807) is 6.20 Å². The lowest BCUT2D eigenvalue weighted by atomic mass is 9.72. The van der Waals surface area contributed by atoms with Crippen LogP contribution in [0, 0.1) is 5.41 Å². The molecule has 0 saturated carbocycles. The summed E-state index contributed by atoms with van der Waals surface area (Å²) < 4.78 is 5.53. The molecule has 9 heteroatoms. The molecule has 0 bridgehead atoms. The summed E-state index contributed by atoms with van der Waals surface area (Å²) >= 11 is 1.44. The number of piperidine rings is 1. The first kappa shape index (κ1) is 25.4. The standard InChI is InChI=1S/C26H37N5O3S/c1-7-31(18(2)3)23(32)21-19(9-15-35-21)22-27-12-8-20(28-22)30-16-26(17-30)10-13-29(14-11-26)24(33)34-25(4,5)6/h8-9,12,15,18H,7,10-11,13-14,16-17H2,1-6H3. The van der Waals surface area contributed by atoms with E-state index in [2.05, 4.69) is 9.88 Å². The highest BCUT2D eigenvalue weighted by Crippen LogP contribution is 2.42. The van der Waals surface area contributed by atoms with E-state index < -0.39 is 5.60 Å². The number of ether oxygens (including phenoxy) is 1. The van der Waals surface area contributed by atoms with Gasteiger partial charge in [-0.2, -0.15) is 0 Å². The van der Waals surface area contributed by atoms with Gasteiger partial charge < -0.3 is 19.4 Å². The maximum atomic E-state index is 13.1. The summed E-state index contributed by atoms with van der Waals surface area (Å²) in [5, 5.41) is 1.93. The number of thiophene rings is 1. The Morgan fingerprint density at radius 1 is 1.20 bits per heavy atom. The molecule has 2 fully saturated rings. The summed E-state index contributed by atoms with van der Waals surface area (Å²) in [6, 6.07) is 4.01. The smallest absolute Gasteiger partial charge is 0.410 e. The zero-order chi connectivity index (χ0) is 25.4. The lowest BCUT2D eigenvalue weighted by Crippen LogP contribution is -2.61. The average Bonchev–Trinajstić information content (AvgIpc) is 3.27. The second-order valence-electron chi connectivity index (χ2n) is 10.9. The number of nitrogens with zero attached hydrogens (tertiary/aromatic N) is 5. The van der Waals surface area contributed by atoms with Crippen LogP contribution in [0.4, 0.5) is 10.6 Å². The predicted octanol–water partition coefficient (Wildman–Crippen LogP) is 4.91. The Labute approximate surface area is 212 Å². The van der Waals surface area contributed by atoms with E-state index >= 15 is 0 Å². The van der Waals surface area contributed by atoms with Crippen LogP contribution in [0.1, 0.15) is 64.1 Å². The third-order valence-corrected chi connectivity index (χ3v) is 7.72. The molecule has 0 atom stereocenters. The molecule has 2 aromatic heterocycles. The summed E-state index contributed by atoms with van der Waals surface area (Å²) in [7, 11) is 0. The lowest BCUT2D eigenvalue weighted by molar-refractivity contribution is 0.00588. The maximum Gasteiger partial charge on any atom is 0.410 e. The van der Waals surface area contributed by atoms with Gasteiger partial charge in [0.05, 0.1) is 0 Å². The Hall–Kier alpha value is -2.68. The highest BCUT2D eigenvalue weighted by Gasteiger charge is 2.46. The summed E-state index contributed by atoms with van der Waals surface area (Å²) in [5.41, 5.74) is 0.536. The molecule has 35 heavy (non-hydrogen) atoms. The van der Waals surface area contributed by atoms with Gasteiger partial charge in [-0.05, 0) is 71.9 Å². The third-order valence-electron chi connectivity index (χ3n) is 6.82. The van der Waals surface area contributed by atoms with Gasteiger partial charge in [-0.1, -0.05) is 0 Å². The van der Waals surface area contributed by atoms with Crippen LogP contribution in [0.15, 0.2) is 23.7 Å². The van der Waals surface area contributed by atoms with Crippen molar-refractivity contribution in [2.75, 3.05) is 37.6 Å². The van der Waals surface area contributed by atoms with Crippen molar-refractivity contribution in [1.29, 1.82) is 0 Å². The zero-order valence-electron chi connectivity index (χ0n) is 21.7. The Bertz CT molecular complexity index is 1060. The molecule has 0 radical (unpaired) electrons. The topological polar surface area (TPSA) is 78.9 Å². The molecular formula is C26H37N5O3S. The molecule has 190 valence electrons. The van der Waals surface area contributed by atoms with E-state index in [1.807, 2.05) is 68.9 Å². The number of likely N-dealkylation sites (tertiary alicyclic amines) is 1. The van der Waals surface area contributed by atoms with Gasteiger partial charge in [0.1, 0.15) is 16.3 Å². The van der Waals surface area contributed by atoms with Gasteiger partial charge in [0.2, 0.25) is 0 Å². The van der Waals surface area contributed by atoms with Crippen molar-refractivity contribution in [1.82, 2.24) is 19.8 Å². The first-order valence-electron chi connectivity index (χ1n) is 12.5. The fourth-order valence-corrected chi connectivity index (χ4v) is 5.76. The molecule has 2 aliphatic rings. The SMILES string of the molecule is CCN(C(=O)c1sccc1-c1nccc(N2CC3(CCN(C(=O)OC(C)(C)C)CC3)C2)n1)C(C)C. The van der Waals surface area contributed by atoms with Crippen LogP contribution in [-0.4, -0.2) is 76.1 Å². The Balaban J connectivity index is 1.41. The quantitative estimate of drug-likeness (QED) is 0.581. The number of carbonyl (C=O) groups is 2. The second-order valence-corrected chi connectivity index (χ2v) is 11.8. The van der Waals surface area contributed by atoms with Gasteiger partial charge in [0, 0.05) is 55.9 Å². The van der Waals surface area contributed by atoms with Crippen molar-refractivity contribution in [2.24, 2.45) is 5.41 Å². The van der Waals surface area contributed by atoms with E-state index in [0.29, 0.717) is 17.2 Å². The van der Waals surface area contributed by atoms with Crippen LogP contribution >= 0.6 is 11.3 Å². The molecule has 0 unspecified atom stereocenters. The van der Waals surface area contributed by atoms with Crippen molar-refractivity contribution in [3.63, 3.8) is 0 Å². The largest absolute Gasteiger partial charge is 0.444 e. The molecule has 4 rings (SSSR count). The van der Waals surface area contributed by atoms with Crippen LogP contribution in [-0.2, 0) is 4.74 Å². The lowest BCUT2D eigenvalue weighted by Gasteiger charge is -2.54. The van der Waals surface area contributed by atoms with Crippen LogP contribution in [0.2, 0.25) is 0 Å². The fourth-order valence-electron chi connectivity index (χ4n) is 4.91. The Morgan fingerprint density at radius 2 is 1.89 bits per heavy atom. The van der Waals surface area contributed by atoms with E-state index in [1.165, 1.54) is 11.3 Å². The molecule has 8 nitrogen and oxygen atoms in total. The van der Waals surface area contributed by atoms with Gasteiger partial charge in [-0.15, -0.1) is 11.3 Å². The monoisotopic (exact) mass is 499 g/mol. The first-order valence-corrected chi connectivity index (χ1v) is 13.3. The van der Waals surface area contributed by atoms with Crippen molar-refractivity contribution in [3.05, 3.63) is 28.6 Å². The van der Waals surface area contributed by atoms with Gasteiger partial charge >= 0.3 is 6.09 Å². The number of hydrogen-bond donors (Lipinski definition) is 0. The van der Waals surface area contributed by atoms with E-state index in [-0.39, 0.29) is 23.5 Å². The summed E-state index contributed by atoms with van der Waals surface area (Å²) in [4.78, 5) is 41.5. The van der Waals surface area contributed by atoms with E-state index in [0.717, 1.165) is 50.4 Å². The number of carbonyl (C=O) groups excluding carboxylic acids is 2.